The Labute approximate surface area is 117 Å². The predicted molar refractivity (Wildman–Crippen MR) is 81.1 cm³/mol. The van der Waals surface area contributed by atoms with Crippen molar-refractivity contribution < 1.29 is 4.79 Å². The summed E-state index contributed by atoms with van der Waals surface area (Å²) in [4.78, 5) is 13.1. The van der Waals surface area contributed by atoms with Crippen molar-refractivity contribution in [3.8, 4) is 0 Å². The molecule has 1 amide bonds. The largest absolute Gasteiger partial charge is 0.382 e. The molecule has 0 spiro atoms. The molecule has 106 valence electrons. The maximum Gasteiger partial charge on any atom is 0.219 e. The molecule has 1 unspecified atom stereocenters. The number of benzene rings is 1. The van der Waals surface area contributed by atoms with Crippen molar-refractivity contribution in [3.05, 3.63) is 29.8 Å². The van der Waals surface area contributed by atoms with Crippen LogP contribution in [0.25, 0.3) is 0 Å². The Morgan fingerprint density at radius 2 is 1.89 bits per heavy atom. The van der Waals surface area contributed by atoms with Gasteiger partial charge in [-0.3, -0.25) is 4.79 Å². The molecule has 0 saturated carbocycles. The molecule has 0 saturated heterocycles. The van der Waals surface area contributed by atoms with Crippen LogP contribution in [0.1, 0.15) is 39.7 Å². The molecule has 0 aliphatic rings. The maximum atomic E-state index is 11.3. The summed E-state index contributed by atoms with van der Waals surface area (Å²) in [6.07, 6.45) is 1.14. The van der Waals surface area contributed by atoms with Gasteiger partial charge in [0.05, 0.1) is 0 Å². The number of para-hydroxylation sites is 1. The lowest BCUT2D eigenvalue weighted by Gasteiger charge is -2.22. The first-order chi connectivity index (χ1) is 8.90. The summed E-state index contributed by atoms with van der Waals surface area (Å²) in [6, 6.07) is 8.64. The van der Waals surface area contributed by atoms with E-state index < -0.39 is 0 Å². The highest BCUT2D eigenvalue weighted by molar-refractivity contribution is 5.73. The fourth-order valence-corrected chi connectivity index (χ4v) is 2.20. The normalized spacial score (nSPS) is 12.3. The zero-order valence-corrected chi connectivity index (χ0v) is 12.7. The first-order valence-electron chi connectivity index (χ1n) is 6.96. The van der Waals surface area contributed by atoms with E-state index >= 15 is 0 Å². The quantitative estimate of drug-likeness (QED) is 0.851. The number of amides is 1. The van der Waals surface area contributed by atoms with Crippen LogP contribution in [0, 0.1) is 5.92 Å². The number of nitrogens with zero attached hydrogens (tertiary/aromatic N) is 1. The summed E-state index contributed by atoms with van der Waals surface area (Å²) >= 11 is 0. The molecule has 0 aliphatic carbocycles. The van der Waals surface area contributed by atoms with E-state index in [9.17, 15) is 4.79 Å². The predicted octanol–water partition coefficient (Wildman–Crippen LogP) is 3.51. The summed E-state index contributed by atoms with van der Waals surface area (Å²) in [7, 11) is 1.83. The second kappa shape index (κ2) is 7.17. The molecule has 0 fully saturated rings. The molecule has 19 heavy (non-hydrogen) atoms. The van der Waals surface area contributed by atoms with Gasteiger partial charge in [-0.2, -0.15) is 0 Å². The van der Waals surface area contributed by atoms with Crippen LogP contribution in [-0.2, 0) is 11.3 Å². The van der Waals surface area contributed by atoms with Crippen molar-refractivity contribution >= 4 is 11.6 Å². The average Bonchev–Trinajstić information content (AvgIpc) is 2.30. The lowest BCUT2D eigenvalue weighted by molar-refractivity contribution is -0.128. The molecule has 0 bridgehead atoms. The van der Waals surface area contributed by atoms with Gasteiger partial charge in [0.2, 0.25) is 5.91 Å². The molecule has 0 aromatic heterocycles. The summed E-state index contributed by atoms with van der Waals surface area (Å²) < 4.78 is 0. The number of rotatable bonds is 6. The SMILES string of the molecule is CC(=O)N(C)Cc1ccccc1NC(C)CC(C)C. The zero-order valence-electron chi connectivity index (χ0n) is 12.7. The van der Waals surface area contributed by atoms with Gasteiger partial charge in [0.15, 0.2) is 0 Å². The minimum absolute atomic E-state index is 0.0880. The summed E-state index contributed by atoms with van der Waals surface area (Å²) in [5, 5.41) is 3.55. The van der Waals surface area contributed by atoms with Gasteiger partial charge in [-0.25, -0.2) is 0 Å². The third kappa shape index (κ3) is 5.33. The van der Waals surface area contributed by atoms with Crippen molar-refractivity contribution in [1.29, 1.82) is 0 Å². The lowest BCUT2D eigenvalue weighted by atomic mass is 10.0. The Kier molecular flexibility index (Phi) is 5.87. The first kappa shape index (κ1) is 15.5. The smallest absolute Gasteiger partial charge is 0.219 e. The molecular formula is C16H26N2O. The van der Waals surface area contributed by atoms with E-state index in [-0.39, 0.29) is 5.91 Å². The topological polar surface area (TPSA) is 32.3 Å². The van der Waals surface area contributed by atoms with E-state index in [1.54, 1.807) is 11.8 Å². The summed E-state index contributed by atoms with van der Waals surface area (Å²) in [5.74, 6) is 0.764. The number of carbonyl (C=O) groups is 1. The van der Waals surface area contributed by atoms with Crippen LogP contribution >= 0.6 is 0 Å². The minimum Gasteiger partial charge on any atom is -0.382 e. The van der Waals surface area contributed by atoms with E-state index in [0.29, 0.717) is 18.5 Å². The van der Waals surface area contributed by atoms with Crippen LogP contribution < -0.4 is 5.32 Å². The van der Waals surface area contributed by atoms with Crippen molar-refractivity contribution in [2.75, 3.05) is 12.4 Å². The van der Waals surface area contributed by atoms with Gasteiger partial charge < -0.3 is 10.2 Å². The number of hydrogen-bond acceptors (Lipinski definition) is 2. The maximum absolute atomic E-state index is 11.3. The van der Waals surface area contributed by atoms with Crippen molar-refractivity contribution in [1.82, 2.24) is 4.90 Å². The molecule has 1 atom stereocenters. The van der Waals surface area contributed by atoms with Gasteiger partial charge in [0, 0.05) is 32.2 Å². The highest BCUT2D eigenvalue weighted by atomic mass is 16.2. The van der Waals surface area contributed by atoms with Gasteiger partial charge in [-0.1, -0.05) is 32.0 Å². The van der Waals surface area contributed by atoms with E-state index in [1.807, 2.05) is 19.2 Å². The van der Waals surface area contributed by atoms with Gasteiger partial charge >= 0.3 is 0 Å². The van der Waals surface area contributed by atoms with Gasteiger partial charge in [-0.05, 0) is 30.9 Å². The number of hydrogen-bond donors (Lipinski definition) is 1. The van der Waals surface area contributed by atoms with Crippen molar-refractivity contribution in [2.45, 2.75) is 46.7 Å². The Morgan fingerprint density at radius 1 is 1.26 bits per heavy atom. The monoisotopic (exact) mass is 262 g/mol. The number of anilines is 1. The standard InChI is InChI=1S/C16H26N2O/c1-12(2)10-13(3)17-16-9-7-6-8-15(16)11-18(5)14(4)19/h6-9,12-13,17H,10-11H2,1-5H3. The number of carbonyl (C=O) groups excluding carboxylic acids is 1. The van der Waals surface area contributed by atoms with Crippen LogP contribution in [0.5, 0.6) is 0 Å². The van der Waals surface area contributed by atoms with Gasteiger partial charge in [-0.15, -0.1) is 0 Å². The first-order valence-corrected chi connectivity index (χ1v) is 6.96. The van der Waals surface area contributed by atoms with E-state index in [2.05, 4.69) is 38.2 Å². The molecule has 0 radical (unpaired) electrons. The zero-order chi connectivity index (χ0) is 14.4. The Hall–Kier alpha value is -1.51. The average molecular weight is 262 g/mol. The second-order valence-electron chi connectivity index (χ2n) is 5.71. The van der Waals surface area contributed by atoms with Crippen molar-refractivity contribution in [2.24, 2.45) is 5.92 Å². The third-order valence-corrected chi connectivity index (χ3v) is 3.19. The lowest BCUT2D eigenvalue weighted by Crippen LogP contribution is -2.24. The van der Waals surface area contributed by atoms with Crippen LogP contribution in [0.4, 0.5) is 5.69 Å². The fraction of sp³-hybridized carbons (Fsp3) is 0.562. The third-order valence-electron chi connectivity index (χ3n) is 3.19. The Bertz CT molecular complexity index is 415. The molecule has 1 aromatic rings. The molecule has 3 nitrogen and oxygen atoms in total. The van der Waals surface area contributed by atoms with Crippen molar-refractivity contribution in [3.63, 3.8) is 0 Å². The van der Waals surface area contributed by atoms with Crippen LogP contribution in [0.15, 0.2) is 24.3 Å². The van der Waals surface area contributed by atoms with E-state index in [1.165, 1.54) is 0 Å². The summed E-state index contributed by atoms with van der Waals surface area (Å²) in [5.41, 5.74) is 2.29. The highest BCUT2D eigenvalue weighted by Crippen LogP contribution is 2.19. The Balaban J connectivity index is 2.75. The molecule has 1 N–H and O–H groups in total. The van der Waals surface area contributed by atoms with Gasteiger partial charge in [0.25, 0.3) is 0 Å². The Morgan fingerprint density at radius 3 is 2.47 bits per heavy atom. The molecule has 1 aromatic carbocycles. The van der Waals surface area contributed by atoms with Crippen LogP contribution in [0.2, 0.25) is 0 Å². The molecule has 0 heterocycles. The van der Waals surface area contributed by atoms with E-state index in [4.69, 9.17) is 0 Å². The summed E-state index contributed by atoms with van der Waals surface area (Å²) in [6.45, 7) is 8.90. The minimum atomic E-state index is 0.0880. The van der Waals surface area contributed by atoms with Crippen LogP contribution in [-0.4, -0.2) is 23.9 Å². The highest BCUT2D eigenvalue weighted by Gasteiger charge is 2.10. The van der Waals surface area contributed by atoms with Gasteiger partial charge in [0.1, 0.15) is 0 Å². The fourth-order valence-electron chi connectivity index (χ4n) is 2.20. The molecule has 3 heteroatoms. The molecule has 1 rings (SSSR count). The van der Waals surface area contributed by atoms with Crippen LogP contribution in [0.3, 0.4) is 0 Å². The molecular weight excluding hydrogens is 236 g/mol. The second-order valence-corrected chi connectivity index (χ2v) is 5.71. The number of nitrogens with one attached hydrogen (secondary N) is 1. The molecule has 0 aliphatic heterocycles. The van der Waals surface area contributed by atoms with E-state index in [0.717, 1.165) is 17.7 Å².